The Labute approximate surface area is 138 Å². The summed E-state index contributed by atoms with van der Waals surface area (Å²) < 4.78 is 1.97. The van der Waals surface area contributed by atoms with E-state index in [9.17, 15) is 10.1 Å². The standard InChI is InChI=1S/C16H17N5OS/c17-8-11(14(22)12-9-23-16(18-12)10-5-6-10)15-20-19-13-4-2-1-3-7-21(13)15/h9-11H,1-7H2. The molecule has 1 atom stereocenters. The molecule has 1 unspecified atom stereocenters. The Kier molecular flexibility index (Phi) is 3.69. The van der Waals surface area contributed by atoms with E-state index in [4.69, 9.17) is 0 Å². The van der Waals surface area contributed by atoms with Crippen molar-refractivity contribution < 1.29 is 4.79 Å². The van der Waals surface area contributed by atoms with Gasteiger partial charge in [-0.15, -0.1) is 21.5 Å². The molecular formula is C16H17N5OS. The lowest BCUT2D eigenvalue weighted by Gasteiger charge is -2.09. The lowest BCUT2D eigenvalue weighted by atomic mass is 10.0. The molecule has 4 rings (SSSR count). The van der Waals surface area contributed by atoms with Crippen LogP contribution in [-0.2, 0) is 13.0 Å². The molecule has 0 bridgehead atoms. The number of aromatic nitrogens is 4. The minimum Gasteiger partial charge on any atom is -0.313 e. The van der Waals surface area contributed by atoms with Crippen LogP contribution in [0.1, 0.15) is 71.1 Å². The maximum absolute atomic E-state index is 12.7. The first-order chi connectivity index (χ1) is 11.3. The molecule has 0 aromatic carbocycles. The van der Waals surface area contributed by atoms with Crippen LogP contribution in [-0.4, -0.2) is 25.5 Å². The van der Waals surface area contributed by atoms with Crippen LogP contribution in [0, 0.1) is 11.3 Å². The maximum Gasteiger partial charge on any atom is 0.206 e. The third-order valence-electron chi connectivity index (χ3n) is 4.49. The summed E-state index contributed by atoms with van der Waals surface area (Å²) in [6.45, 7) is 0.785. The van der Waals surface area contributed by atoms with Crippen LogP contribution in [0.15, 0.2) is 5.38 Å². The summed E-state index contributed by atoms with van der Waals surface area (Å²) in [6, 6.07) is 2.12. The SMILES string of the molecule is N#CC(C(=O)c1csc(C2CC2)n1)c1nnc2n1CCCCC2. The summed E-state index contributed by atoms with van der Waals surface area (Å²) >= 11 is 1.52. The van der Waals surface area contributed by atoms with Crippen molar-refractivity contribution >= 4 is 17.1 Å². The average Bonchev–Trinajstić information content (AvgIpc) is 3.25. The molecule has 23 heavy (non-hydrogen) atoms. The molecule has 2 aromatic heterocycles. The van der Waals surface area contributed by atoms with Gasteiger partial charge in [0.05, 0.1) is 11.1 Å². The average molecular weight is 327 g/mol. The Morgan fingerprint density at radius 1 is 1.35 bits per heavy atom. The van der Waals surface area contributed by atoms with Crippen molar-refractivity contribution in [2.75, 3.05) is 0 Å². The van der Waals surface area contributed by atoms with Gasteiger partial charge in [-0.05, 0) is 25.7 Å². The Balaban J connectivity index is 1.64. The van der Waals surface area contributed by atoms with Gasteiger partial charge in [0.2, 0.25) is 5.78 Å². The highest BCUT2D eigenvalue weighted by Gasteiger charge is 2.32. The zero-order valence-corrected chi connectivity index (χ0v) is 13.6. The van der Waals surface area contributed by atoms with E-state index >= 15 is 0 Å². The molecule has 7 heteroatoms. The number of nitriles is 1. The second kappa shape index (κ2) is 5.85. The van der Waals surface area contributed by atoms with E-state index < -0.39 is 5.92 Å². The Bertz CT molecular complexity index is 783. The molecule has 3 heterocycles. The van der Waals surface area contributed by atoms with Gasteiger partial charge in [-0.25, -0.2) is 4.98 Å². The molecular weight excluding hydrogens is 310 g/mol. The molecule has 2 aromatic rings. The number of ketones is 1. The van der Waals surface area contributed by atoms with Crippen LogP contribution in [0.4, 0.5) is 0 Å². The molecule has 0 N–H and O–H groups in total. The molecule has 1 saturated carbocycles. The van der Waals surface area contributed by atoms with Gasteiger partial charge in [0.1, 0.15) is 11.5 Å². The molecule has 0 radical (unpaired) electrons. The van der Waals surface area contributed by atoms with Gasteiger partial charge in [0, 0.05) is 24.3 Å². The summed E-state index contributed by atoms with van der Waals surface area (Å²) in [4.78, 5) is 17.2. The molecule has 0 amide bonds. The number of aryl methyl sites for hydroxylation is 1. The second-order valence-electron chi connectivity index (χ2n) is 6.21. The van der Waals surface area contributed by atoms with E-state index in [0.717, 1.165) is 55.9 Å². The molecule has 1 fully saturated rings. The van der Waals surface area contributed by atoms with E-state index in [1.54, 1.807) is 5.38 Å². The van der Waals surface area contributed by atoms with Gasteiger partial charge in [-0.1, -0.05) is 6.42 Å². The summed E-state index contributed by atoms with van der Waals surface area (Å²) in [5.74, 6) is 0.725. The fourth-order valence-corrected chi connectivity index (χ4v) is 4.00. The lowest BCUT2D eigenvalue weighted by molar-refractivity contribution is 0.0970. The number of rotatable bonds is 4. The quantitative estimate of drug-likeness (QED) is 0.806. The van der Waals surface area contributed by atoms with E-state index in [2.05, 4.69) is 21.3 Å². The zero-order chi connectivity index (χ0) is 15.8. The molecule has 1 aliphatic carbocycles. The van der Waals surface area contributed by atoms with E-state index in [0.29, 0.717) is 17.4 Å². The van der Waals surface area contributed by atoms with Crippen molar-refractivity contribution in [3.8, 4) is 6.07 Å². The molecule has 118 valence electrons. The first kappa shape index (κ1) is 14.5. The van der Waals surface area contributed by atoms with Gasteiger partial charge in [0.25, 0.3) is 0 Å². The number of thiazole rings is 1. The Hall–Kier alpha value is -2.07. The Morgan fingerprint density at radius 3 is 3.00 bits per heavy atom. The first-order valence-corrected chi connectivity index (χ1v) is 8.97. The normalized spacial score (nSPS) is 18.7. The van der Waals surface area contributed by atoms with Crippen molar-refractivity contribution in [1.29, 1.82) is 5.26 Å². The van der Waals surface area contributed by atoms with Crippen LogP contribution >= 0.6 is 11.3 Å². The van der Waals surface area contributed by atoms with Crippen molar-refractivity contribution in [2.45, 2.75) is 56.9 Å². The van der Waals surface area contributed by atoms with Gasteiger partial charge < -0.3 is 4.57 Å². The van der Waals surface area contributed by atoms with E-state index in [1.165, 1.54) is 11.3 Å². The monoisotopic (exact) mass is 327 g/mol. The van der Waals surface area contributed by atoms with Crippen LogP contribution < -0.4 is 0 Å². The van der Waals surface area contributed by atoms with Crippen molar-refractivity contribution in [3.05, 3.63) is 27.7 Å². The molecule has 2 aliphatic rings. The smallest absolute Gasteiger partial charge is 0.206 e. The molecule has 0 spiro atoms. The largest absolute Gasteiger partial charge is 0.313 e. The summed E-state index contributed by atoms with van der Waals surface area (Å²) in [5.41, 5.74) is 0.398. The summed E-state index contributed by atoms with van der Waals surface area (Å²) in [5, 5.41) is 20.7. The fraction of sp³-hybridized carbons (Fsp3) is 0.562. The Morgan fingerprint density at radius 2 is 2.22 bits per heavy atom. The summed E-state index contributed by atoms with van der Waals surface area (Å²) in [7, 11) is 0. The minimum atomic E-state index is -0.913. The minimum absolute atomic E-state index is 0.255. The van der Waals surface area contributed by atoms with Crippen molar-refractivity contribution in [1.82, 2.24) is 19.7 Å². The highest BCUT2D eigenvalue weighted by Crippen LogP contribution is 2.41. The maximum atomic E-state index is 12.7. The number of nitrogens with zero attached hydrogens (tertiary/aromatic N) is 5. The number of Topliss-reactive ketones (excluding diaryl/α,β-unsaturated/α-hetero) is 1. The van der Waals surface area contributed by atoms with E-state index in [1.807, 2.05) is 4.57 Å². The third kappa shape index (κ3) is 2.68. The number of carbonyl (C=O) groups excluding carboxylic acids is 1. The van der Waals surface area contributed by atoms with Crippen LogP contribution in [0.2, 0.25) is 0 Å². The van der Waals surface area contributed by atoms with E-state index in [-0.39, 0.29) is 5.78 Å². The van der Waals surface area contributed by atoms with Crippen molar-refractivity contribution in [2.24, 2.45) is 0 Å². The number of hydrogen-bond acceptors (Lipinski definition) is 6. The van der Waals surface area contributed by atoms with Gasteiger partial charge >= 0.3 is 0 Å². The molecule has 1 aliphatic heterocycles. The van der Waals surface area contributed by atoms with Crippen LogP contribution in [0.25, 0.3) is 0 Å². The van der Waals surface area contributed by atoms with Gasteiger partial charge in [0.15, 0.2) is 11.7 Å². The number of fused-ring (bicyclic) bond motifs is 1. The fourth-order valence-electron chi connectivity index (χ4n) is 3.02. The highest BCUT2D eigenvalue weighted by molar-refractivity contribution is 7.10. The first-order valence-electron chi connectivity index (χ1n) is 8.09. The summed E-state index contributed by atoms with van der Waals surface area (Å²) in [6.07, 6.45) is 6.43. The van der Waals surface area contributed by atoms with Crippen LogP contribution in [0.3, 0.4) is 0 Å². The predicted octanol–water partition coefficient (Wildman–Crippen LogP) is 2.83. The topological polar surface area (TPSA) is 84.5 Å². The van der Waals surface area contributed by atoms with Crippen LogP contribution in [0.5, 0.6) is 0 Å². The lowest BCUT2D eigenvalue weighted by Crippen LogP contribution is -2.18. The zero-order valence-electron chi connectivity index (χ0n) is 12.7. The second-order valence-corrected chi connectivity index (χ2v) is 7.10. The predicted molar refractivity (Wildman–Crippen MR) is 84.4 cm³/mol. The molecule has 6 nitrogen and oxygen atoms in total. The molecule has 0 saturated heterocycles. The third-order valence-corrected chi connectivity index (χ3v) is 5.50. The number of carbonyl (C=O) groups is 1. The van der Waals surface area contributed by atoms with Crippen molar-refractivity contribution in [3.63, 3.8) is 0 Å². The number of hydrogen-bond donors (Lipinski definition) is 0. The van der Waals surface area contributed by atoms with Gasteiger partial charge in [-0.2, -0.15) is 5.26 Å². The highest BCUT2D eigenvalue weighted by atomic mass is 32.1. The van der Waals surface area contributed by atoms with Gasteiger partial charge in [-0.3, -0.25) is 4.79 Å².